The zero-order valence-electron chi connectivity index (χ0n) is 15.0. The molecule has 1 atom stereocenters. The molecule has 5 nitrogen and oxygen atoms in total. The molecule has 128 valence electrons. The molecule has 0 fully saturated rings. The zero-order chi connectivity index (χ0) is 17.1. The molecule has 1 N–H and O–H groups in total. The number of nitrogens with one attached hydrogen (secondary N) is 1. The van der Waals surface area contributed by atoms with E-state index in [1.54, 1.807) is 7.11 Å². The van der Waals surface area contributed by atoms with Gasteiger partial charge in [0.1, 0.15) is 23.2 Å². The molecule has 0 radical (unpaired) electrons. The van der Waals surface area contributed by atoms with Crippen LogP contribution < -0.4 is 15.0 Å². The van der Waals surface area contributed by atoms with Crippen molar-refractivity contribution in [3.8, 4) is 5.75 Å². The third-order valence-electron chi connectivity index (χ3n) is 4.58. The van der Waals surface area contributed by atoms with Crippen LogP contribution in [0.3, 0.4) is 0 Å². The Morgan fingerprint density at radius 2 is 2.08 bits per heavy atom. The van der Waals surface area contributed by atoms with Crippen molar-refractivity contribution >= 4 is 11.6 Å². The molecule has 3 rings (SSSR count). The maximum atomic E-state index is 5.33. The SMILES string of the molecule is CC[C@@H](C)Nc1cc(N2CCc3cc(OC)ccc3C2)nc(C)n1. The van der Waals surface area contributed by atoms with Crippen molar-refractivity contribution in [3.63, 3.8) is 0 Å². The van der Waals surface area contributed by atoms with E-state index < -0.39 is 0 Å². The topological polar surface area (TPSA) is 50.3 Å². The summed E-state index contributed by atoms with van der Waals surface area (Å²) in [4.78, 5) is 11.5. The summed E-state index contributed by atoms with van der Waals surface area (Å²) >= 11 is 0. The lowest BCUT2D eigenvalue weighted by molar-refractivity contribution is 0.413. The third-order valence-corrected chi connectivity index (χ3v) is 4.58. The van der Waals surface area contributed by atoms with E-state index in [0.717, 1.165) is 49.1 Å². The van der Waals surface area contributed by atoms with Crippen LogP contribution in [0.1, 0.15) is 37.2 Å². The zero-order valence-corrected chi connectivity index (χ0v) is 15.0. The largest absolute Gasteiger partial charge is 0.497 e. The summed E-state index contributed by atoms with van der Waals surface area (Å²) in [6.45, 7) is 8.12. The van der Waals surface area contributed by atoms with Crippen LogP contribution in [0.5, 0.6) is 5.75 Å². The molecule has 1 aromatic carbocycles. The van der Waals surface area contributed by atoms with Gasteiger partial charge in [-0.25, -0.2) is 9.97 Å². The van der Waals surface area contributed by atoms with Crippen molar-refractivity contribution in [1.29, 1.82) is 0 Å². The van der Waals surface area contributed by atoms with Gasteiger partial charge in [0.15, 0.2) is 0 Å². The first-order chi connectivity index (χ1) is 11.6. The number of hydrogen-bond donors (Lipinski definition) is 1. The van der Waals surface area contributed by atoms with Crippen molar-refractivity contribution in [2.75, 3.05) is 23.9 Å². The van der Waals surface area contributed by atoms with E-state index in [2.05, 4.69) is 52.2 Å². The summed E-state index contributed by atoms with van der Waals surface area (Å²) < 4.78 is 5.33. The standard InChI is InChI=1S/C19H26N4O/c1-5-13(2)20-18-11-19(22-14(3)21-18)23-9-8-15-10-17(24-4)7-6-16(15)12-23/h6-7,10-11,13H,5,8-9,12H2,1-4H3,(H,20,21,22)/t13-/m1/s1. The Balaban J connectivity index is 1.82. The van der Waals surface area contributed by atoms with Gasteiger partial charge in [-0.1, -0.05) is 13.0 Å². The van der Waals surface area contributed by atoms with E-state index in [0.29, 0.717) is 6.04 Å². The summed E-state index contributed by atoms with van der Waals surface area (Å²) in [6.07, 6.45) is 2.07. The second-order valence-electron chi connectivity index (χ2n) is 6.42. The Bertz CT molecular complexity index is 717. The van der Waals surface area contributed by atoms with Crippen molar-refractivity contribution in [3.05, 3.63) is 41.2 Å². The molecule has 0 spiro atoms. The van der Waals surface area contributed by atoms with E-state index in [9.17, 15) is 0 Å². The highest BCUT2D eigenvalue weighted by molar-refractivity contribution is 5.52. The fourth-order valence-electron chi connectivity index (χ4n) is 2.99. The predicted octanol–water partition coefficient (Wildman–Crippen LogP) is 3.57. The number of hydrogen-bond acceptors (Lipinski definition) is 5. The Labute approximate surface area is 144 Å². The van der Waals surface area contributed by atoms with Gasteiger partial charge in [-0.15, -0.1) is 0 Å². The summed E-state index contributed by atoms with van der Waals surface area (Å²) in [5.74, 6) is 3.64. The van der Waals surface area contributed by atoms with Gasteiger partial charge in [0.05, 0.1) is 7.11 Å². The molecule has 0 saturated carbocycles. The fraction of sp³-hybridized carbons (Fsp3) is 0.474. The minimum Gasteiger partial charge on any atom is -0.497 e. The molecule has 0 amide bonds. The molecule has 1 aromatic heterocycles. The van der Waals surface area contributed by atoms with Crippen LogP contribution in [0, 0.1) is 6.92 Å². The van der Waals surface area contributed by atoms with Crippen LogP contribution >= 0.6 is 0 Å². The summed E-state index contributed by atoms with van der Waals surface area (Å²) in [6, 6.07) is 8.80. The Morgan fingerprint density at radius 3 is 2.83 bits per heavy atom. The lowest BCUT2D eigenvalue weighted by Crippen LogP contribution is -2.31. The molecule has 0 saturated heterocycles. The van der Waals surface area contributed by atoms with Crippen molar-refractivity contribution < 1.29 is 4.74 Å². The van der Waals surface area contributed by atoms with Crippen molar-refractivity contribution in [2.24, 2.45) is 0 Å². The van der Waals surface area contributed by atoms with Gasteiger partial charge < -0.3 is 15.0 Å². The van der Waals surface area contributed by atoms with E-state index in [4.69, 9.17) is 4.74 Å². The Hall–Kier alpha value is -2.30. The van der Waals surface area contributed by atoms with Crippen molar-refractivity contribution in [2.45, 2.75) is 46.2 Å². The first-order valence-corrected chi connectivity index (χ1v) is 8.62. The maximum absolute atomic E-state index is 5.33. The quantitative estimate of drug-likeness (QED) is 0.910. The van der Waals surface area contributed by atoms with Crippen LogP contribution in [0.25, 0.3) is 0 Å². The molecule has 0 bridgehead atoms. The van der Waals surface area contributed by atoms with Crippen LogP contribution in [0.2, 0.25) is 0 Å². The normalized spacial score (nSPS) is 14.9. The third kappa shape index (κ3) is 3.61. The summed E-state index contributed by atoms with van der Waals surface area (Å²) in [5, 5.41) is 3.45. The Kier molecular flexibility index (Phi) is 4.88. The Morgan fingerprint density at radius 1 is 1.25 bits per heavy atom. The number of nitrogens with zero attached hydrogens (tertiary/aromatic N) is 3. The van der Waals surface area contributed by atoms with Gasteiger partial charge in [-0.05, 0) is 49.9 Å². The van der Waals surface area contributed by atoms with Gasteiger partial charge in [-0.3, -0.25) is 0 Å². The maximum Gasteiger partial charge on any atom is 0.134 e. The lowest BCUT2D eigenvalue weighted by Gasteiger charge is -2.30. The second-order valence-corrected chi connectivity index (χ2v) is 6.42. The number of ether oxygens (including phenoxy) is 1. The van der Waals surface area contributed by atoms with Crippen LogP contribution in [-0.4, -0.2) is 29.7 Å². The fourth-order valence-corrected chi connectivity index (χ4v) is 2.99. The number of methoxy groups -OCH3 is 1. The molecule has 0 aliphatic carbocycles. The highest BCUT2D eigenvalue weighted by atomic mass is 16.5. The monoisotopic (exact) mass is 326 g/mol. The van der Waals surface area contributed by atoms with Gasteiger partial charge in [0, 0.05) is 25.2 Å². The van der Waals surface area contributed by atoms with Gasteiger partial charge in [0.2, 0.25) is 0 Å². The lowest BCUT2D eigenvalue weighted by atomic mass is 9.99. The highest BCUT2D eigenvalue weighted by Crippen LogP contribution is 2.27. The smallest absolute Gasteiger partial charge is 0.134 e. The average Bonchev–Trinajstić information content (AvgIpc) is 2.60. The van der Waals surface area contributed by atoms with Crippen LogP contribution in [-0.2, 0) is 13.0 Å². The highest BCUT2D eigenvalue weighted by Gasteiger charge is 2.19. The molecule has 1 aliphatic rings. The number of anilines is 2. The number of benzene rings is 1. The van der Waals surface area contributed by atoms with E-state index >= 15 is 0 Å². The van der Waals surface area contributed by atoms with E-state index in [1.165, 1.54) is 11.1 Å². The van der Waals surface area contributed by atoms with Gasteiger partial charge in [0.25, 0.3) is 0 Å². The molecule has 2 heterocycles. The first-order valence-electron chi connectivity index (χ1n) is 8.62. The second kappa shape index (κ2) is 7.07. The number of aromatic nitrogens is 2. The molecule has 1 aliphatic heterocycles. The van der Waals surface area contributed by atoms with Crippen LogP contribution in [0.15, 0.2) is 24.3 Å². The molecule has 24 heavy (non-hydrogen) atoms. The molecule has 2 aromatic rings. The average molecular weight is 326 g/mol. The molecular formula is C19H26N4O. The minimum atomic E-state index is 0.404. The van der Waals surface area contributed by atoms with Crippen molar-refractivity contribution in [1.82, 2.24) is 9.97 Å². The number of aryl methyl sites for hydroxylation is 1. The molecule has 5 heteroatoms. The molecular weight excluding hydrogens is 300 g/mol. The summed E-state index contributed by atoms with van der Waals surface area (Å²) in [5.41, 5.74) is 2.71. The van der Waals surface area contributed by atoms with Gasteiger partial charge in [-0.2, -0.15) is 0 Å². The van der Waals surface area contributed by atoms with Gasteiger partial charge >= 0.3 is 0 Å². The first kappa shape index (κ1) is 16.6. The van der Waals surface area contributed by atoms with E-state index in [1.807, 2.05) is 13.0 Å². The van der Waals surface area contributed by atoms with E-state index in [-0.39, 0.29) is 0 Å². The van der Waals surface area contributed by atoms with Crippen LogP contribution in [0.4, 0.5) is 11.6 Å². The predicted molar refractivity (Wildman–Crippen MR) is 97.9 cm³/mol. The number of fused-ring (bicyclic) bond motifs is 1. The summed E-state index contributed by atoms with van der Waals surface area (Å²) in [7, 11) is 1.71. The minimum absolute atomic E-state index is 0.404. The molecule has 0 unspecified atom stereocenters. The number of rotatable bonds is 5.